The molecule has 1 N–H and O–H groups in total. The van der Waals surface area contributed by atoms with Crippen molar-refractivity contribution in [2.24, 2.45) is 0 Å². The molecule has 20 heavy (non-hydrogen) atoms. The van der Waals surface area contributed by atoms with Crippen LogP contribution < -0.4 is 4.72 Å². The summed E-state index contributed by atoms with van der Waals surface area (Å²) < 4.78 is 75.9. The first-order valence-corrected chi connectivity index (χ1v) is 6.94. The Balaban J connectivity index is 3.19. The second-order valence-electron chi connectivity index (χ2n) is 3.87. The maximum atomic E-state index is 13.4. The Labute approximate surface area is 113 Å². The minimum atomic E-state index is -4.73. The van der Waals surface area contributed by atoms with Crippen molar-refractivity contribution in [1.82, 2.24) is 0 Å². The first-order valence-electron chi connectivity index (χ1n) is 5.39. The highest BCUT2D eigenvalue weighted by atomic mass is 32.2. The van der Waals surface area contributed by atoms with Crippen molar-refractivity contribution in [2.75, 3.05) is 4.72 Å². The molecule has 0 aliphatic heterocycles. The molecular weight excluding hydrogens is 300 g/mol. The van der Waals surface area contributed by atoms with E-state index in [2.05, 4.69) is 0 Å². The highest BCUT2D eigenvalue weighted by Crippen LogP contribution is 2.32. The number of nitrogens with zero attached hydrogens (tertiary/aromatic N) is 1. The SMILES string of the molecule is CCC(C#N)S(=O)(=O)Nc1cc(C(F)(F)F)ccc1F. The predicted molar refractivity (Wildman–Crippen MR) is 63.6 cm³/mol. The van der Waals surface area contributed by atoms with Crippen molar-refractivity contribution in [2.45, 2.75) is 24.8 Å². The van der Waals surface area contributed by atoms with Gasteiger partial charge in [0.25, 0.3) is 0 Å². The number of nitriles is 1. The molecule has 0 fully saturated rings. The van der Waals surface area contributed by atoms with Crippen LogP contribution >= 0.6 is 0 Å². The second-order valence-corrected chi connectivity index (χ2v) is 5.73. The van der Waals surface area contributed by atoms with Gasteiger partial charge in [-0.1, -0.05) is 6.92 Å². The van der Waals surface area contributed by atoms with E-state index in [0.717, 1.165) is 0 Å². The van der Waals surface area contributed by atoms with Crippen LogP contribution in [-0.4, -0.2) is 13.7 Å². The quantitative estimate of drug-likeness (QED) is 0.869. The van der Waals surface area contributed by atoms with Gasteiger partial charge in [-0.15, -0.1) is 0 Å². The molecule has 1 aromatic carbocycles. The van der Waals surface area contributed by atoms with Gasteiger partial charge in [0, 0.05) is 0 Å². The highest BCUT2D eigenvalue weighted by Gasteiger charge is 2.32. The number of benzene rings is 1. The van der Waals surface area contributed by atoms with Crippen LogP contribution in [0.25, 0.3) is 0 Å². The van der Waals surface area contributed by atoms with Crippen LogP contribution in [0.4, 0.5) is 23.2 Å². The Kier molecular flexibility index (Phi) is 4.60. The van der Waals surface area contributed by atoms with E-state index >= 15 is 0 Å². The lowest BCUT2D eigenvalue weighted by atomic mass is 10.2. The zero-order valence-electron chi connectivity index (χ0n) is 10.2. The van der Waals surface area contributed by atoms with Crippen LogP contribution in [0.2, 0.25) is 0 Å². The molecular formula is C11H10F4N2O2S. The smallest absolute Gasteiger partial charge is 0.279 e. The fourth-order valence-corrected chi connectivity index (χ4v) is 2.57. The monoisotopic (exact) mass is 310 g/mol. The van der Waals surface area contributed by atoms with Crippen molar-refractivity contribution in [3.63, 3.8) is 0 Å². The lowest BCUT2D eigenvalue weighted by Crippen LogP contribution is -2.26. The zero-order chi connectivity index (χ0) is 15.6. The summed E-state index contributed by atoms with van der Waals surface area (Å²) in [5.74, 6) is -1.16. The van der Waals surface area contributed by atoms with Crippen molar-refractivity contribution < 1.29 is 26.0 Å². The molecule has 4 nitrogen and oxygen atoms in total. The molecule has 0 aliphatic carbocycles. The Morgan fingerprint density at radius 2 is 2.00 bits per heavy atom. The first-order chi connectivity index (χ1) is 9.11. The van der Waals surface area contributed by atoms with Crippen molar-refractivity contribution in [1.29, 1.82) is 5.26 Å². The van der Waals surface area contributed by atoms with E-state index in [1.807, 2.05) is 0 Å². The fraction of sp³-hybridized carbons (Fsp3) is 0.364. The molecule has 1 aromatic rings. The standard InChI is InChI=1S/C11H10F4N2O2S/c1-2-8(6-16)20(18,19)17-10-5-7(11(13,14)15)3-4-9(10)12/h3-5,8,17H,2H2,1H3. The normalized spacial score (nSPS) is 13.6. The Morgan fingerprint density at radius 3 is 2.45 bits per heavy atom. The summed E-state index contributed by atoms with van der Waals surface area (Å²) in [7, 11) is -4.28. The molecule has 9 heteroatoms. The van der Waals surface area contributed by atoms with Crippen molar-refractivity contribution in [3.05, 3.63) is 29.6 Å². The van der Waals surface area contributed by atoms with Gasteiger partial charge in [-0.2, -0.15) is 18.4 Å². The summed E-state index contributed by atoms with van der Waals surface area (Å²) in [5, 5.41) is 7.17. The van der Waals surface area contributed by atoms with E-state index in [0.29, 0.717) is 18.2 Å². The van der Waals surface area contributed by atoms with Gasteiger partial charge in [-0.05, 0) is 24.6 Å². The number of sulfonamides is 1. The van der Waals surface area contributed by atoms with Crippen LogP contribution in [0.5, 0.6) is 0 Å². The molecule has 0 radical (unpaired) electrons. The number of rotatable bonds is 4. The van der Waals surface area contributed by atoms with Crippen LogP contribution in [0.1, 0.15) is 18.9 Å². The Bertz CT molecular complexity index is 635. The van der Waals surface area contributed by atoms with Gasteiger partial charge in [-0.3, -0.25) is 4.72 Å². The number of hydrogen-bond donors (Lipinski definition) is 1. The summed E-state index contributed by atoms with van der Waals surface area (Å²) in [4.78, 5) is 0. The third-order valence-electron chi connectivity index (χ3n) is 2.44. The summed E-state index contributed by atoms with van der Waals surface area (Å²) in [6.45, 7) is 1.41. The number of nitrogens with one attached hydrogen (secondary N) is 1. The highest BCUT2D eigenvalue weighted by molar-refractivity contribution is 7.93. The minimum absolute atomic E-state index is 0.0770. The fourth-order valence-electron chi connectivity index (χ4n) is 1.38. The summed E-state index contributed by atoms with van der Waals surface area (Å²) in [5.41, 5.74) is -2.03. The lowest BCUT2D eigenvalue weighted by Gasteiger charge is -2.14. The van der Waals surface area contributed by atoms with Crippen LogP contribution in [0.3, 0.4) is 0 Å². The average molecular weight is 310 g/mol. The van der Waals surface area contributed by atoms with Crippen LogP contribution in [0.15, 0.2) is 18.2 Å². The van der Waals surface area contributed by atoms with Gasteiger partial charge in [0.05, 0.1) is 17.3 Å². The number of anilines is 1. The van der Waals surface area contributed by atoms with Gasteiger partial charge >= 0.3 is 6.18 Å². The Morgan fingerprint density at radius 1 is 1.40 bits per heavy atom. The largest absolute Gasteiger partial charge is 0.416 e. The van der Waals surface area contributed by atoms with E-state index in [-0.39, 0.29) is 6.42 Å². The molecule has 0 saturated carbocycles. The average Bonchev–Trinajstić information content (AvgIpc) is 2.31. The third kappa shape index (κ3) is 3.60. The molecule has 0 bridgehead atoms. The zero-order valence-corrected chi connectivity index (χ0v) is 11.0. The van der Waals surface area contributed by atoms with Gasteiger partial charge in [0.1, 0.15) is 5.82 Å². The van der Waals surface area contributed by atoms with E-state index in [9.17, 15) is 26.0 Å². The molecule has 0 saturated heterocycles. The molecule has 0 aliphatic rings. The Hall–Kier alpha value is -1.82. The van der Waals surface area contributed by atoms with Crippen LogP contribution in [0, 0.1) is 17.1 Å². The van der Waals surface area contributed by atoms with Crippen LogP contribution in [-0.2, 0) is 16.2 Å². The molecule has 0 amide bonds. The third-order valence-corrected chi connectivity index (χ3v) is 4.13. The topological polar surface area (TPSA) is 70.0 Å². The van der Waals surface area contributed by atoms with Gasteiger partial charge < -0.3 is 0 Å². The number of halogens is 4. The number of alkyl halides is 3. The van der Waals surface area contributed by atoms with Gasteiger partial charge in [0.15, 0.2) is 5.25 Å². The first kappa shape index (κ1) is 16.2. The maximum absolute atomic E-state index is 13.4. The summed E-state index contributed by atoms with van der Waals surface area (Å²) in [6.07, 6.45) is -4.81. The van der Waals surface area contributed by atoms with E-state index < -0.39 is 38.5 Å². The van der Waals surface area contributed by atoms with E-state index in [4.69, 9.17) is 5.26 Å². The van der Waals surface area contributed by atoms with Gasteiger partial charge in [0.2, 0.25) is 10.0 Å². The minimum Gasteiger partial charge on any atom is -0.279 e. The molecule has 1 rings (SSSR count). The molecule has 0 spiro atoms. The molecule has 1 unspecified atom stereocenters. The molecule has 0 heterocycles. The van der Waals surface area contributed by atoms with Crippen molar-refractivity contribution >= 4 is 15.7 Å². The molecule has 110 valence electrons. The molecule has 1 atom stereocenters. The van der Waals surface area contributed by atoms with E-state index in [1.165, 1.54) is 13.0 Å². The number of hydrogen-bond acceptors (Lipinski definition) is 3. The van der Waals surface area contributed by atoms with Crippen molar-refractivity contribution in [3.8, 4) is 6.07 Å². The maximum Gasteiger partial charge on any atom is 0.416 e. The second kappa shape index (κ2) is 5.66. The molecule has 0 aromatic heterocycles. The summed E-state index contributed by atoms with van der Waals surface area (Å²) >= 11 is 0. The lowest BCUT2D eigenvalue weighted by molar-refractivity contribution is -0.137. The summed E-state index contributed by atoms with van der Waals surface area (Å²) in [6, 6.07) is 2.83. The van der Waals surface area contributed by atoms with E-state index in [1.54, 1.807) is 4.72 Å². The predicted octanol–water partition coefficient (Wildman–Crippen LogP) is 2.89. The van der Waals surface area contributed by atoms with Gasteiger partial charge in [-0.25, -0.2) is 12.8 Å².